The van der Waals surface area contributed by atoms with E-state index >= 15 is 0 Å². The normalized spacial score (nSPS) is 13.4. The van der Waals surface area contributed by atoms with E-state index in [0.717, 1.165) is 28.5 Å². The molecule has 0 N–H and O–H groups in total. The minimum Gasteiger partial charge on any atom is -0.300 e. The molecule has 0 saturated heterocycles. The Morgan fingerprint density at radius 2 is 1.73 bits per heavy atom. The van der Waals surface area contributed by atoms with Crippen molar-refractivity contribution in [2.24, 2.45) is 0 Å². The first kappa shape index (κ1) is 22.2. The van der Waals surface area contributed by atoms with Crippen molar-refractivity contribution >= 4 is 17.5 Å². The number of hydrogen-bond donors (Lipinski definition) is 0. The lowest BCUT2D eigenvalue weighted by Gasteiger charge is -2.23. The van der Waals surface area contributed by atoms with Gasteiger partial charge in [0, 0.05) is 5.56 Å². The minimum absolute atomic E-state index is 0.107. The highest BCUT2D eigenvalue weighted by Crippen LogP contribution is 2.29. The number of carbonyl (C=O) groups is 1. The predicted molar refractivity (Wildman–Crippen MR) is 123 cm³/mol. The molecule has 0 fully saturated rings. The number of benzene rings is 2. The van der Waals surface area contributed by atoms with Crippen molar-refractivity contribution in [1.82, 2.24) is 19.7 Å². The Balaban J connectivity index is 1.90. The average molecular weight is 423 g/mol. The highest BCUT2D eigenvalue weighted by atomic mass is 32.2. The zero-order valence-electron chi connectivity index (χ0n) is 18.4. The lowest BCUT2D eigenvalue weighted by atomic mass is 10.1. The first-order valence-corrected chi connectivity index (χ1v) is 11.2. The van der Waals surface area contributed by atoms with Crippen LogP contribution in [0.15, 0.2) is 59.8 Å². The molecule has 0 aliphatic carbocycles. The first-order chi connectivity index (χ1) is 14.4. The second-order valence-electron chi connectivity index (χ2n) is 7.79. The number of Topliss-reactive ketones (excluding diaryl/α,β-unsaturated/α-hetero) is 1. The van der Waals surface area contributed by atoms with Gasteiger partial charge in [-0.1, -0.05) is 78.8 Å². The van der Waals surface area contributed by atoms with Gasteiger partial charge >= 0.3 is 0 Å². The molecule has 1 aromatic heterocycles. The Hall–Kier alpha value is -2.44. The van der Waals surface area contributed by atoms with Crippen molar-refractivity contribution in [2.75, 3.05) is 14.1 Å². The predicted octanol–water partition coefficient (Wildman–Crippen LogP) is 5.01. The molecule has 0 amide bonds. The van der Waals surface area contributed by atoms with Gasteiger partial charge in [-0.05, 0) is 39.9 Å². The van der Waals surface area contributed by atoms with Gasteiger partial charge < -0.3 is 4.57 Å². The van der Waals surface area contributed by atoms with Crippen molar-refractivity contribution < 1.29 is 4.79 Å². The van der Waals surface area contributed by atoms with Crippen LogP contribution in [-0.4, -0.2) is 44.8 Å². The number of carbonyl (C=O) groups excluding carboxylic acids is 1. The van der Waals surface area contributed by atoms with Crippen LogP contribution >= 0.6 is 11.8 Å². The average Bonchev–Trinajstić information content (AvgIpc) is 3.11. The van der Waals surface area contributed by atoms with Crippen molar-refractivity contribution in [1.29, 1.82) is 0 Å². The molecule has 6 heteroatoms. The maximum Gasteiger partial charge on any atom is 0.192 e. The van der Waals surface area contributed by atoms with Crippen LogP contribution in [0.2, 0.25) is 0 Å². The maximum absolute atomic E-state index is 12.9. The summed E-state index contributed by atoms with van der Waals surface area (Å²) < 4.78 is 2.16. The molecule has 2 atom stereocenters. The molecule has 0 saturated carbocycles. The van der Waals surface area contributed by atoms with Crippen LogP contribution in [-0.2, 0) is 6.54 Å². The fraction of sp³-hybridized carbons (Fsp3) is 0.375. The molecular formula is C24H30N4OS. The number of nitrogens with zero attached hydrogens (tertiary/aromatic N) is 4. The molecule has 0 aliphatic rings. The largest absolute Gasteiger partial charge is 0.300 e. The highest BCUT2D eigenvalue weighted by molar-refractivity contribution is 8.00. The van der Waals surface area contributed by atoms with Crippen molar-refractivity contribution in [3.8, 4) is 0 Å². The fourth-order valence-electron chi connectivity index (χ4n) is 3.49. The van der Waals surface area contributed by atoms with Gasteiger partial charge in [0.15, 0.2) is 16.8 Å². The molecule has 158 valence electrons. The summed E-state index contributed by atoms with van der Waals surface area (Å²) in [6.45, 7) is 6.80. The third kappa shape index (κ3) is 5.18. The summed E-state index contributed by atoms with van der Waals surface area (Å²) in [5.74, 6) is 1.04. The van der Waals surface area contributed by atoms with E-state index in [9.17, 15) is 4.79 Å². The van der Waals surface area contributed by atoms with Gasteiger partial charge in [0.1, 0.15) is 0 Å². The Kier molecular flexibility index (Phi) is 7.45. The molecule has 0 spiro atoms. The van der Waals surface area contributed by atoms with E-state index in [1.54, 1.807) is 0 Å². The molecular weight excluding hydrogens is 392 g/mol. The lowest BCUT2D eigenvalue weighted by Crippen LogP contribution is -2.23. The van der Waals surface area contributed by atoms with Crippen LogP contribution < -0.4 is 0 Å². The number of aryl methyl sites for hydroxylation is 1. The zero-order valence-corrected chi connectivity index (χ0v) is 19.2. The van der Waals surface area contributed by atoms with E-state index in [0.29, 0.717) is 6.54 Å². The summed E-state index contributed by atoms with van der Waals surface area (Å²) in [6, 6.07) is 18.2. The lowest BCUT2D eigenvalue weighted by molar-refractivity contribution is 0.0994. The molecule has 3 rings (SSSR count). The number of thioether (sulfide) groups is 1. The third-order valence-electron chi connectivity index (χ3n) is 5.22. The van der Waals surface area contributed by atoms with Gasteiger partial charge in [0.2, 0.25) is 0 Å². The Labute approximate surface area is 183 Å². The van der Waals surface area contributed by atoms with E-state index in [1.165, 1.54) is 17.3 Å². The van der Waals surface area contributed by atoms with E-state index in [2.05, 4.69) is 52.8 Å². The molecule has 0 aliphatic heterocycles. The van der Waals surface area contributed by atoms with Crippen molar-refractivity contribution in [3.63, 3.8) is 0 Å². The highest BCUT2D eigenvalue weighted by Gasteiger charge is 2.25. The van der Waals surface area contributed by atoms with Crippen molar-refractivity contribution in [3.05, 3.63) is 77.1 Å². The summed E-state index contributed by atoms with van der Waals surface area (Å²) in [7, 11) is 4.12. The Morgan fingerprint density at radius 3 is 2.33 bits per heavy atom. The quantitative estimate of drug-likeness (QED) is 0.358. The van der Waals surface area contributed by atoms with Crippen LogP contribution in [0.3, 0.4) is 0 Å². The SMILES string of the molecule is CC[C@@H](c1nnc(S[C@H](C)C(=O)c2ccc(C)cc2)n1Cc1ccccc1)N(C)C. The van der Waals surface area contributed by atoms with Crippen LogP contribution in [0.5, 0.6) is 0 Å². The summed E-state index contributed by atoms with van der Waals surface area (Å²) in [5, 5.41) is 9.56. The van der Waals surface area contributed by atoms with E-state index in [1.807, 2.05) is 56.3 Å². The number of hydrogen-bond acceptors (Lipinski definition) is 5. The van der Waals surface area contributed by atoms with E-state index in [4.69, 9.17) is 0 Å². The Bertz CT molecular complexity index is 967. The summed E-state index contributed by atoms with van der Waals surface area (Å²) in [5.41, 5.74) is 3.06. The third-order valence-corrected chi connectivity index (χ3v) is 6.31. The second-order valence-corrected chi connectivity index (χ2v) is 9.10. The molecule has 3 aromatic rings. The van der Waals surface area contributed by atoms with Gasteiger partial charge in [-0.15, -0.1) is 10.2 Å². The number of aromatic nitrogens is 3. The van der Waals surface area contributed by atoms with Gasteiger partial charge in [0.25, 0.3) is 0 Å². The van der Waals surface area contributed by atoms with Gasteiger partial charge in [0.05, 0.1) is 17.8 Å². The maximum atomic E-state index is 12.9. The zero-order chi connectivity index (χ0) is 21.7. The summed E-state index contributed by atoms with van der Waals surface area (Å²) in [6.07, 6.45) is 0.933. The van der Waals surface area contributed by atoms with Gasteiger partial charge in [-0.3, -0.25) is 9.69 Å². The second kappa shape index (κ2) is 10.0. The molecule has 1 heterocycles. The number of ketones is 1. The molecule has 0 unspecified atom stereocenters. The molecule has 30 heavy (non-hydrogen) atoms. The van der Waals surface area contributed by atoms with Crippen LogP contribution in [0.1, 0.15) is 53.6 Å². The van der Waals surface area contributed by atoms with Gasteiger partial charge in [-0.2, -0.15) is 0 Å². The fourth-order valence-corrected chi connectivity index (χ4v) is 4.42. The smallest absolute Gasteiger partial charge is 0.192 e. The van der Waals surface area contributed by atoms with Crippen LogP contribution in [0.4, 0.5) is 0 Å². The standard InChI is InChI=1S/C24H30N4OS/c1-6-21(27(4)5)23-25-26-24(28(23)16-19-10-8-7-9-11-19)30-18(3)22(29)20-14-12-17(2)13-15-20/h7-15,18,21H,6,16H2,1-5H3/t18-,21+/m1/s1. The molecule has 2 aromatic carbocycles. The van der Waals surface area contributed by atoms with Crippen molar-refractivity contribution in [2.45, 2.75) is 50.2 Å². The topological polar surface area (TPSA) is 51.0 Å². The summed E-state index contributed by atoms with van der Waals surface area (Å²) in [4.78, 5) is 15.1. The first-order valence-electron chi connectivity index (χ1n) is 10.3. The summed E-state index contributed by atoms with van der Waals surface area (Å²) >= 11 is 1.48. The van der Waals surface area contributed by atoms with Crippen LogP contribution in [0.25, 0.3) is 0 Å². The van der Waals surface area contributed by atoms with E-state index < -0.39 is 0 Å². The molecule has 0 radical (unpaired) electrons. The van der Waals surface area contributed by atoms with E-state index in [-0.39, 0.29) is 17.1 Å². The Morgan fingerprint density at radius 1 is 1.07 bits per heavy atom. The monoisotopic (exact) mass is 422 g/mol. The minimum atomic E-state index is -0.251. The molecule has 5 nitrogen and oxygen atoms in total. The number of rotatable bonds is 9. The van der Waals surface area contributed by atoms with Crippen LogP contribution in [0, 0.1) is 6.92 Å². The molecule has 0 bridgehead atoms. The van der Waals surface area contributed by atoms with Gasteiger partial charge in [-0.25, -0.2) is 0 Å².